The first kappa shape index (κ1) is 11.4. The third-order valence-corrected chi connectivity index (χ3v) is 4.17. The molecule has 2 N–H and O–H groups in total. The molecule has 0 fully saturated rings. The predicted molar refractivity (Wildman–Crippen MR) is 84.8 cm³/mol. The molecule has 0 bridgehead atoms. The third kappa shape index (κ3) is 1.73. The molecule has 0 amide bonds. The second-order valence-electron chi connectivity index (χ2n) is 4.63. The van der Waals surface area contributed by atoms with Crippen molar-refractivity contribution < 1.29 is 0 Å². The Balaban J connectivity index is 1.95. The largest absolute Gasteiger partial charge is 0.383 e. The standard InChI is InChI=1S/C16H11N3S/c17-14-13-7-8-20-16(13)19-15(18-14)12-6-5-10-3-1-2-4-11(10)9-12/h1-9H,(H2,17,18,19). The summed E-state index contributed by atoms with van der Waals surface area (Å²) >= 11 is 1.58. The van der Waals surface area contributed by atoms with Crippen molar-refractivity contribution in [1.82, 2.24) is 9.97 Å². The number of nitrogens with two attached hydrogens (primary N) is 1. The normalized spacial score (nSPS) is 11.2. The van der Waals surface area contributed by atoms with E-state index in [4.69, 9.17) is 5.73 Å². The predicted octanol–water partition coefficient (Wildman–Crippen LogP) is 4.09. The zero-order valence-electron chi connectivity index (χ0n) is 10.6. The van der Waals surface area contributed by atoms with Crippen LogP contribution in [0, 0.1) is 0 Å². The smallest absolute Gasteiger partial charge is 0.163 e. The lowest BCUT2D eigenvalue weighted by molar-refractivity contribution is 1.25. The van der Waals surface area contributed by atoms with Crippen LogP contribution >= 0.6 is 11.3 Å². The molecule has 2 aromatic heterocycles. The number of nitrogen functional groups attached to an aromatic ring is 1. The second-order valence-corrected chi connectivity index (χ2v) is 5.53. The first-order valence-corrected chi connectivity index (χ1v) is 7.19. The van der Waals surface area contributed by atoms with Gasteiger partial charge < -0.3 is 5.73 Å². The van der Waals surface area contributed by atoms with Crippen molar-refractivity contribution in [2.45, 2.75) is 0 Å². The maximum absolute atomic E-state index is 6.01. The van der Waals surface area contributed by atoms with Gasteiger partial charge in [-0.3, -0.25) is 0 Å². The molecule has 2 heterocycles. The number of thiophene rings is 1. The molecule has 0 aliphatic rings. The van der Waals surface area contributed by atoms with Crippen LogP contribution in [0.25, 0.3) is 32.4 Å². The van der Waals surface area contributed by atoms with Gasteiger partial charge in [0.1, 0.15) is 10.6 Å². The van der Waals surface area contributed by atoms with E-state index in [9.17, 15) is 0 Å². The van der Waals surface area contributed by atoms with Crippen LogP contribution in [0.3, 0.4) is 0 Å². The minimum Gasteiger partial charge on any atom is -0.383 e. The van der Waals surface area contributed by atoms with Gasteiger partial charge in [-0.05, 0) is 28.3 Å². The second kappa shape index (κ2) is 4.28. The van der Waals surface area contributed by atoms with Crippen LogP contribution in [0.4, 0.5) is 5.82 Å². The van der Waals surface area contributed by atoms with Gasteiger partial charge in [-0.2, -0.15) is 0 Å². The Morgan fingerprint density at radius 1 is 0.900 bits per heavy atom. The van der Waals surface area contributed by atoms with Crippen LogP contribution in [0.5, 0.6) is 0 Å². The minimum absolute atomic E-state index is 0.541. The van der Waals surface area contributed by atoms with Crippen molar-refractivity contribution in [3.05, 3.63) is 53.9 Å². The van der Waals surface area contributed by atoms with E-state index < -0.39 is 0 Å². The molecule has 96 valence electrons. The average Bonchev–Trinajstić information content (AvgIpc) is 2.96. The highest BCUT2D eigenvalue weighted by molar-refractivity contribution is 7.16. The SMILES string of the molecule is Nc1nc(-c2ccc3ccccc3c2)nc2sccc12. The summed E-state index contributed by atoms with van der Waals surface area (Å²) < 4.78 is 0. The maximum atomic E-state index is 6.01. The molecule has 20 heavy (non-hydrogen) atoms. The number of rotatable bonds is 1. The van der Waals surface area contributed by atoms with Gasteiger partial charge in [-0.1, -0.05) is 36.4 Å². The van der Waals surface area contributed by atoms with E-state index >= 15 is 0 Å². The molecule has 4 heteroatoms. The lowest BCUT2D eigenvalue weighted by atomic mass is 10.1. The molecular weight excluding hydrogens is 266 g/mol. The highest BCUT2D eigenvalue weighted by atomic mass is 32.1. The summed E-state index contributed by atoms with van der Waals surface area (Å²) in [7, 11) is 0. The number of aromatic nitrogens is 2. The summed E-state index contributed by atoms with van der Waals surface area (Å²) in [6.45, 7) is 0. The number of hydrogen-bond donors (Lipinski definition) is 1. The third-order valence-electron chi connectivity index (χ3n) is 3.36. The molecule has 0 radical (unpaired) electrons. The van der Waals surface area contributed by atoms with Gasteiger partial charge in [-0.25, -0.2) is 9.97 Å². The van der Waals surface area contributed by atoms with E-state index in [1.54, 1.807) is 11.3 Å². The first-order valence-electron chi connectivity index (χ1n) is 6.31. The Morgan fingerprint density at radius 2 is 1.75 bits per heavy atom. The molecule has 4 rings (SSSR count). The van der Waals surface area contributed by atoms with E-state index in [-0.39, 0.29) is 0 Å². The number of anilines is 1. The van der Waals surface area contributed by atoms with E-state index in [2.05, 4.69) is 34.2 Å². The lowest BCUT2D eigenvalue weighted by Gasteiger charge is -2.04. The van der Waals surface area contributed by atoms with Crippen LogP contribution in [0.2, 0.25) is 0 Å². The summed E-state index contributed by atoms with van der Waals surface area (Å²) in [4.78, 5) is 9.96. The highest BCUT2D eigenvalue weighted by Gasteiger charge is 2.08. The topological polar surface area (TPSA) is 51.8 Å². The fraction of sp³-hybridized carbons (Fsp3) is 0. The quantitative estimate of drug-likeness (QED) is 0.570. The van der Waals surface area contributed by atoms with Crippen LogP contribution in [0.15, 0.2) is 53.9 Å². The summed E-state index contributed by atoms with van der Waals surface area (Å²) in [5, 5.41) is 5.30. The van der Waals surface area contributed by atoms with E-state index in [0.717, 1.165) is 15.8 Å². The Kier molecular flexibility index (Phi) is 2.44. The molecular formula is C16H11N3S. The van der Waals surface area contributed by atoms with Crippen molar-refractivity contribution in [1.29, 1.82) is 0 Å². The average molecular weight is 277 g/mol. The van der Waals surface area contributed by atoms with Crippen LogP contribution in [0.1, 0.15) is 0 Å². The Bertz CT molecular complexity index is 927. The molecule has 0 spiro atoms. The van der Waals surface area contributed by atoms with Gasteiger partial charge in [0.25, 0.3) is 0 Å². The fourth-order valence-electron chi connectivity index (χ4n) is 2.34. The Morgan fingerprint density at radius 3 is 2.65 bits per heavy atom. The molecule has 0 atom stereocenters. The van der Waals surface area contributed by atoms with Gasteiger partial charge in [0.2, 0.25) is 0 Å². The molecule has 0 aliphatic carbocycles. The molecule has 0 aliphatic heterocycles. The molecule has 0 saturated heterocycles. The molecule has 0 saturated carbocycles. The van der Waals surface area contributed by atoms with E-state index in [1.807, 2.05) is 29.6 Å². The van der Waals surface area contributed by atoms with E-state index in [0.29, 0.717) is 11.6 Å². The van der Waals surface area contributed by atoms with Gasteiger partial charge in [0, 0.05) is 5.56 Å². The van der Waals surface area contributed by atoms with Crippen molar-refractivity contribution in [2.24, 2.45) is 0 Å². The molecule has 0 unspecified atom stereocenters. The van der Waals surface area contributed by atoms with Gasteiger partial charge >= 0.3 is 0 Å². The summed E-state index contributed by atoms with van der Waals surface area (Å²) in [6.07, 6.45) is 0. The molecule has 2 aromatic carbocycles. The monoisotopic (exact) mass is 277 g/mol. The van der Waals surface area contributed by atoms with Crippen molar-refractivity contribution in [3.8, 4) is 11.4 Å². The number of hydrogen-bond acceptors (Lipinski definition) is 4. The Hall–Kier alpha value is -2.46. The summed E-state index contributed by atoms with van der Waals surface area (Å²) in [5.74, 6) is 1.22. The van der Waals surface area contributed by atoms with Crippen molar-refractivity contribution >= 4 is 38.1 Å². The number of benzene rings is 2. The minimum atomic E-state index is 0.541. The Labute approximate surface area is 119 Å². The van der Waals surface area contributed by atoms with Crippen LogP contribution < -0.4 is 5.73 Å². The zero-order valence-corrected chi connectivity index (χ0v) is 11.4. The highest BCUT2D eigenvalue weighted by Crippen LogP contribution is 2.28. The summed E-state index contributed by atoms with van der Waals surface area (Å²) in [6, 6.07) is 16.4. The number of fused-ring (bicyclic) bond motifs is 2. The van der Waals surface area contributed by atoms with Gasteiger partial charge in [-0.15, -0.1) is 11.3 Å². The molecule has 3 nitrogen and oxygen atoms in total. The fourth-order valence-corrected chi connectivity index (χ4v) is 3.11. The van der Waals surface area contributed by atoms with Crippen LogP contribution in [-0.2, 0) is 0 Å². The zero-order chi connectivity index (χ0) is 13.5. The lowest BCUT2D eigenvalue weighted by Crippen LogP contribution is -1.96. The van der Waals surface area contributed by atoms with Crippen molar-refractivity contribution in [2.75, 3.05) is 5.73 Å². The van der Waals surface area contributed by atoms with E-state index in [1.165, 1.54) is 10.8 Å². The van der Waals surface area contributed by atoms with Crippen LogP contribution in [-0.4, -0.2) is 9.97 Å². The first-order chi connectivity index (χ1) is 9.81. The van der Waals surface area contributed by atoms with Gasteiger partial charge in [0.05, 0.1) is 5.39 Å². The van der Waals surface area contributed by atoms with Crippen molar-refractivity contribution in [3.63, 3.8) is 0 Å². The number of nitrogens with zero attached hydrogens (tertiary/aromatic N) is 2. The maximum Gasteiger partial charge on any atom is 0.163 e. The molecule has 4 aromatic rings. The van der Waals surface area contributed by atoms with Gasteiger partial charge in [0.15, 0.2) is 5.82 Å². The summed E-state index contributed by atoms with van der Waals surface area (Å²) in [5.41, 5.74) is 7.00.